The van der Waals surface area contributed by atoms with Gasteiger partial charge in [-0.1, -0.05) is 23.7 Å². The number of benzene rings is 1. The third-order valence-corrected chi connectivity index (χ3v) is 3.84. The highest BCUT2D eigenvalue weighted by Crippen LogP contribution is 2.53. The summed E-state index contributed by atoms with van der Waals surface area (Å²) in [7, 11) is 1.56. The molecule has 1 aromatic carbocycles. The first-order chi connectivity index (χ1) is 8.67. The molecule has 0 spiro atoms. The van der Waals surface area contributed by atoms with Crippen LogP contribution in [0.2, 0.25) is 5.02 Å². The minimum atomic E-state index is -0.742. The molecule has 4 heteroatoms. The largest absolute Gasteiger partial charge is 0.378 e. The lowest BCUT2D eigenvalue weighted by Gasteiger charge is -2.26. The van der Waals surface area contributed by atoms with Crippen LogP contribution < -0.4 is 0 Å². The van der Waals surface area contributed by atoms with E-state index in [-0.39, 0.29) is 11.5 Å². The van der Waals surface area contributed by atoms with Crippen LogP contribution in [0.1, 0.15) is 18.4 Å². The topological polar surface area (TPSA) is 56.8 Å². The van der Waals surface area contributed by atoms with Gasteiger partial charge in [-0.3, -0.25) is 0 Å². The molecule has 1 aliphatic rings. The van der Waals surface area contributed by atoms with Gasteiger partial charge in [-0.05, 0) is 30.5 Å². The van der Waals surface area contributed by atoms with Gasteiger partial charge in [0.25, 0.3) is 0 Å². The quantitative estimate of drug-likeness (QED) is 0.836. The smallest absolute Gasteiger partial charge is 0.160 e. The highest BCUT2D eigenvalue weighted by molar-refractivity contribution is 6.30. The average molecular weight is 261 g/mol. The SMILES string of the molecule is COC(C(C#N)C#N)C1(c2ccc(Cl)cc2)CC1. The molecule has 1 fully saturated rings. The maximum absolute atomic E-state index is 9.04. The molecule has 0 bridgehead atoms. The van der Waals surface area contributed by atoms with Crippen LogP contribution in [0.3, 0.4) is 0 Å². The van der Waals surface area contributed by atoms with E-state index in [2.05, 4.69) is 0 Å². The minimum Gasteiger partial charge on any atom is -0.378 e. The van der Waals surface area contributed by atoms with Gasteiger partial charge in [-0.2, -0.15) is 10.5 Å². The lowest BCUT2D eigenvalue weighted by atomic mass is 9.83. The summed E-state index contributed by atoms with van der Waals surface area (Å²) in [5.74, 6) is -0.742. The lowest BCUT2D eigenvalue weighted by molar-refractivity contribution is 0.0538. The fourth-order valence-corrected chi connectivity index (χ4v) is 2.62. The number of methoxy groups -OCH3 is 1. The molecule has 1 aromatic rings. The molecule has 0 aliphatic heterocycles. The molecule has 2 rings (SSSR count). The average Bonchev–Trinajstić information content (AvgIpc) is 3.18. The van der Waals surface area contributed by atoms with Crippen LogP contribution in [0, 0.1) is 28.6 Å². The van der Waals surface area contributed by atoms with E-state index in [1.807, 2.05) is 36.4 Å². The van der Waals surface area contributed by atoms with Crippen LogP contribution in [0.25, 0.3) is 0 Å². The number of halogens is 1. The summed E-state index contributed by atoms with van der Waals surface area (Å²) in [6.45, 7) is 0. The predicted octanol–water partition coefficient (Wildman–Crippen LogP) is 3.05. The zero-order valence-corrected chi connectivity index (χ0v) is 10.8. The molecule has 0 heterocycles. The van der Waals surface area contributed by atoms with E-state index in [0.717, 1.165) is 18.4 Å². The molecule has 18 heavy (non-hydrogen) atoms. The van der Waals surface area contributed by atoms with Crippen molar-refractivity contribution in [2.75, 3.05) is 7.11 Å². The Kier molecular flexibility index (Phi) is 3.57. The molecule has 0 N–H and O–H groups in total. The van der Waals surface area contributed by atoms with Crippen molar-refractivity contribution in [2.24, 2.45) is 5.92 Å². The fraction of sp³-hybridized carbons (Fsp3) is 0.429. The molecule has 0 aromatic heterocycles. The Morgan fingerprint density at radius 3 is 2.17 bits per heavy atom. The Morgan fingerprint density at radius 2 is 1.78 bits per heavy atom. The zero-order chi connectivity index (χ0) is 13.2. The third-order valence-electron chi connectivity index (χ3n) is 3.59. The fourth-order valence-electron chi connectivity index (χ4n) is 2.50. The van der Waals surface area contributed by atoms with Crippen molar-refractivity contribution in [3.8, 4) is 12.1 Å². The van der Waals surface area contributed by atoms with Crippen molar-refractivity contribution in [2.45, 2.75) is 24.4 Å². The molecule has 92 valence electrons. The molecule has 1 aliphatic carbocycles. The second-order valence-corrected chi connectivity index (χ2v) is 4.99. The molecule has 1 saturated carbocycles. The van der Waals surface area contributed by atoms with Gasteiger partial charge in [0.1, 0.15) is 0 Å². The number of nitriles is 2. The molecule has 1 unspecified atom stereocenters. The molecule has 3 nitrogen and oxygen atoms in total. The summed E-state index contributed by atoms with van der Waals surface area (Å²) in [4.78, 5) is 0. The molecular weight excluding hydrogens is 248 g/mol. The van der Waals surface area contributed by atoms with Gasteiger partial charge in [-0.25, -0.2) is 0 Å². The molecule has 0 saturated heterocycles. The first-order valence-corrected chi connectivity index (χ1v) is 6.14. The summed E-state index contributed by atoms with van der Waals surface area (Å²) in [6.07, 6.45) is 1.49. The highest BCUT2D eigenvalue weighted by atomic mass is 35.5. The Bertz CT molecular complexity index is 494. The van der Waals surface area contributed by atoms with E-state index in [1.165, 1.54) is 0 Å². The highest BCUT2D eigenvalue weighted by Gasteiger charge is 2.54. The van der Waals surface area contributed by atoms with Gasteiger partial charge >= 0.3 is 0 Å². The number of ether oxygens (including phenoxy) is 1. The van der Waals surface area contributed by atoms with Crippen LogP contribution in [-0.2, 0) is 10.2 Å². The van der Waals surface area contributed by atoms with Crippen LogP contribution in [0.5, 0.6) is 0 Å². The summed E-state index contributed by atoms with van der Waals surface area (Å²) < 4.78 is 5.43. The van der Waals surface area contributed by atoms with Crippen molar-refractivity contribution in [3.63, 3.8) is 0 Å². The first-order valence-electron chi connectivity index (χ1n) is 5.76. The van der Waals surface area contributed by atoms with Gasteiger partial charge in [0.05, 0.1) is 18.2 Å². The van der Waals surface area contributed by atoms with Gasteiger partial charge < -0.3 is 4.74 Å². The number of hydrogen-bond acceptors (Lipinski definition) is 3. The Hall–Kier alpha value is -1.55. The van der Waals surface area contributed by atoms with E-state index < -0.39 is 5.92 Å². The standard InChI is InChI=1S/C14H13ClN2O/c1-18-13(10(8-16)9-17)14(6-7-14)11-2-4-12(15)5-3-11/h2-5,10,13H,6-7H2,1H3. The molecular formula is C14H13ClN2O. The molecule has 0 amide bonds. The van der Waals surface area contributed by atoms with Crippen LogP contribution in [-0.4, -0.2) is 13.2 Å². The van der Waals surface area contributed by atoms with Crippen molar-refractivity contribution in [3.05, 3.63) is 34.9 Å². The van der Waals surface area contributed by atoms with E-state index in [9.17, 15) is 0 Å². The summed E-state index contributed by atoms with van der Waals surface area (Å²) in [5, 5.41) is 18.8. The van der Waals surface area contributed by atoms with E-state index >= 15 is 0 Å². The van der Waals surface area contributed by atoms with Crippen molar-refractivity contribution in [1.29, 1.82) is 10.5 Å². The Labute approximate surface area is 112 Å². The summed E-state index contributed by atoms with van der Waals surface area (Å²) in [5.41, 5.74) is 0.893. The van der Waals surface area contributed by atoms with E-state index in [4.69, 9.17) is 26.9 Å². The van der Waals surface area contributed by atoms with Crippen LogP contribution >= 0.6 is 11.6 Å². The van der Waals surface area contributed by atoms with E-state index in [1.54, 1.807) is 7.11 Å². The molecule has 1 atom stereocenters. The van der Waals surface area contributed by atoms with Gasteiger partial charge in [0.2, 0.25) is 0 Å². The van der Waals surface area contributed by atoms with Gasteiger partial charge in [0, 0.05) is 17.5 Å². The number of hydrogen-bond donors (Lipinski definition) is 0. The van der Waals surface area contributed by atoms with Gasteiger partial charge in [0.15, 0.2) is 5.92 Å². The van der Waals surface area contributed by atoms with Crippen molar-refractivity contribution < 1.29 is 4.74 Å². The summed E-state index contributed by atoms with van der Waals surface area (Å²) >= 11 is 5.88. The van der Waals surface area contributed by atoms with Crippen LogP contribution in [0.4, 0.5) is 0 Å². The number of nitrogens with zero attached hydrogens (tertiary/aromatic N) is 2. The number of rotatable bonds is 4. The summed E-state index contributed by atoms with van der Waals surface area (Å²) in [6, 6.07) is 11.6. The van der Waals surface area contributed by atoms with Gasteiger partial charge in [-0.15, -0.1) is 0 Å². The second kappa shape index (κ2) is 4.98. The second-order valence-electron chi connectivity index (χ2n) is 4.56. The zero-order valence-electron chi connectivity index (χ0n) is 10.1. The minimum absolute atomic E-state index is 0.199. The third kappa shape index (κ3) is 2.08. The normalized spacial score (nSPS) is 17.8. The van der Waals surface area contributed by atoms with Crippen molar-refractivity contribution in [1.82, 2.24) is 0 Å². The lowest BCUT2D eigenvalue weighted by Crippen LogP contribution is -2.34. The Balaban J connectivity index is 2.33. The van der Waals surface area contributed by atoms with E-state index in [0.29, 0.717) is 5.02 Å². The molecule has 0 radical (unpaired) electrons. The predicted molar refractivity (Wildman–Crippen MR) is 67.9 cm³/mol. The first kappa shape index (κ1) is 12.9. The maximum Gasteiger partial charge on any atom is 0.160 e. The van der Waals surface area contributed by atoms with Crippen LogP contribution in [0.15, 0.2) is 24.3 Å². The maximum atomic E-state index is 9.04. The Morgan fingerprint density at radius 1 is 1.22 bits per heavy atom. The van der Waals surface area contributed by atoms with Crippen molar-refractivity contribution >= 4 is 11.6 Å². The monoisotopic (exact) mass is 260 g/mol.